The number of ketones is 1. The zero-order chi connectivity index (χ0) is 96.3. The normalized spacial score (nSPS) is 12.6. The van der Waals surface area contributed by atoms with E-state index in [2.05, 4.69) is 461 Å². The van der Waals surface area contributed by atoms with Crippen molar-refractivity contribution in [2.45, 2.75) is 101 Å². The second-order valence-electron chi connectivity index (χ2n) is 29.9. The zero-order valence-corrected chi connectivity index (χ0v) is 85.6. The number of nitrogens with zero attached hydrogens (tertiary/aromatic N) is 6. The number of aromatic amines is 1. The van der Waals surface area contributed by atoms with Gasteiger partial charge in [-0.05, 0) is 180 Å². The Labute approximate surface area is 837 Å². The van der Waals surface area contributed by atoms with Gasteiger partial charge in [0.2, 0.25) is 10.8 Å². The van der Waals surface area contributed by atoms with Crippen LogP contribution in [0.2, 0.25) is 5.28 Å². The number of rotatable bonds is 16. The number of Topliss-reactive ketones (excluding diaryl/α,β-unsaturated/α-hetero) is 1. The Morgan fingerprint density at radius 1 is 0.336 bits per heavy atom. The maximum absolute atomic E-state index is 12.1. The van der Waals surface area contributed by atoms with Crippen molar-refractivity contribution in [1.29, 1.82) is 0 Å². The van der Waals surface area contributed by atoms with Crippen molar-refractivity contribution >= 4 is 143 Å². The zero-order valence-electron chi connectivity index (χ0n) is 79.7. The number of anilines is 2. The number of aromatic nitrogens is 5. The number of hydrogen-bond donors (Lipinski definition) is 3. The summed E-state index contributed by atoms with van der Waals surface area (Å²) in [7, 11) is -3.47. The molecule has 0 saturated carbocycles. The Hall–Kier alpha value is -12.4. The van der Waals surface area contributed by atoms with E-state index in [4.69, 9.17) is 21.6 Å². The van der Waals surface area contributed by atoms with Gasteiger partial charge in [-0.1, -0.05) is 486 Å². The summed E-state index contributed by atoms with van der Waals surface area (Å²) in [5.41, 5.74) is 5.65. The summed E-state index contributed by atoms with van der Waals surface area (Å²) in [5, 5.41) is 34.2. The predicted octanol–water partition coefficient (Wildman–Crippen LogP) is 22.7. The van der Waals surface area contributed by atoms with Crippen molar-refractivity contribution < 1.29 is 35.3 Å². The molecular formula is C119H123BClN7O4P4Pd. The summed E-state index contributed by atoms with van der Waals surface area (Å²) in [6, 6.07) is 154. The predicted molar refractivity (Wildman–Crippen MR) is 591 cm³/mol. The quantitative estimate of drug-likeness (QED) is 0.0485. The molecule has 11 nitrogen and oxygen atoms in total. The van der Waals surface area contributed by atoms with Gasteiger partial charge in [0.15, 0.2) is 11.6 Å². The van der Waals surface area contributed by atoms with Crippen LogP contribution >= 0.6 is 43.3 Å². The molecule has 0 amide bonds. The van der Waals surface area contributed by atoms with Crippen LogP contribution in [0.15, 0.2) is 478 Å². The molecular weight excluding hydrogens is 1870 g/mol. The molecule has 2 unspecified atom stereocenters. The molecule has 3 aromatic heterocycles. The van der Waals surface area contributed by atoms with Crippen LogP contribution in [0.3, 0.4) is 0 Å². The number of pyridine rings is 1. The maximum Gasteiger partial charge on any atom is 0.494 e. The van der Waals surface area contributed by atoms with Gasteiger partial charge in [0, 0.05) is 64.0 Å². The van der Waals surface area contributed by atoms with E-state index in [1.165, 1.54) is 104 Å². The minimum atomic E-state index is -1.69. The molecule has 0 saturated heterocycles. The second kappa shape index (κ2) is 60.9. The molecule has 0 spiro atoms. The van der Waals surface area contributed by atoms with Gasteiger partial charge in [-0.25, -0.2) is 19.9 Å². The first-order chi connectivity index (χ1) is 67.0. The van der Waals surface area contributed by atoms with E-state index in [-0.39, 0.29) is 37.7 Å². The number of halogens is 1. The Morgan fingerprint density at radius 2 is 0.591 bits per heavy atom. The van der Waals surface area contributed by atoms with Gasteiger partial charge < -0.3 is 24.8 Å². The number of carbonyl (C=O) groups is 1. The Morgan fingerprint density at radius 3 is 0.839 bits per heavy atom. The molecule has 18 heteroatoms. The smallest absolute Gasteiger partial charge is 0.423 e. The van der Waals surface area contributed by atoms with Crippen molar-refractivity contribution in [3.05, 3.63) is 517 Å². The van der Waals surface area contributed by atoms with E-state index in [1.54, 1.807) is 18.5 Å². The van der Waals surface area contributed by atoms with Crippen molar-refractivity contribution in [3.63, 3.8) is 0 Å². The van der Waals surface area contributed by atoms with Crippen LogP contribution in [-0.4, -0.2) is 61.0 Å². The molecule has 2 atom stereocenters. The average molecular weight is 1990 g/mol. The van der Waals surface area contributed by atoms with E-state index < -0.39 is 44.4 Å². The molecule has 20 rings (SSSR count). The largest absolute Gasteiger partial charge is 0.494 e. The number of hydrogen-bond acceptors (Lipinski definition) is 10. The number of H-pyrrole nitrogens is 1. The van der Waals surface area contributed by atoms with E-state index >= 15 is 0 Å². The van der Waals surface area contributed by atoms with Crippen molar-refractivity contribution in [1.82, 2.24) is 24.9 Å². The number of benzene rings is 14. The monoisotopic (exact) mass is 1990 g/mol. The van der Waals surface area contributed by atoms with E-state index in [0.29, 0.717) is 29.1 Å². The molecule has 2 aliphatic heterocycles. The maximum atomic E-state index is 12.1. The fourth-order valence-corrected chi connectivity index (χ4v) is 24.8. The Kier molecular flexibility index (Phi) is 48.2. The number of fused-ring (bicyclic) bond motifs is 2. The molecule has 0 radical (unpaired) electrons. The van der Waals surface area contributed by atoms with Crippen molar-refractivity contribution in [3.8, 4) is 0 Å². The van der Waals surface area contributed by atoms with E-state index in [0.717, 1.165) is 37.6 Å². The molecule has 698 valence electrons. The molecule has 0 bridgehead atoms. The standard InChI is InChI=1S/C20H19N3O.4C18H15P.C14H14ClN3.C5H6BNO3.4C2H6.Pd/c1-14-16-7-3-2-6-15(16)11-13-23(14)19-10-12-21-20(22-19)17-8-4-5-9-18(17)24;4*1-4-10-16(11-5-1)19(17-12-6-2-7-13-17)18-14-8-3-9-15-18;1-10-12-5-3-2-4-11(12)7-9-18(10)13-6-8-16-14(15)17-13;8-5-4(6(9)10)2-1-3-7-5;4*1-2;/h2-8,10,12,14H,9,11,13H2,1H3;4*1-15H;2-6,8,10H,7,9H2,1H3;1-3,9-10H,(H,7,8);4*1-2H3;. The van der Waals surface area contributed by atoms with E-state index in [9.17, 15) is 9.59 Å². The van der Waals surface area contributed by atoms with Crippen LogP contribution in [0.1, 0.15) is 116 Å². The molecule has 137 heavy (non-hydrogen) atoms. The molecule has 3 N–H and O–H groups in total. The summed E-state index contributed by atoms with van der Waals surface area (Å²) < 4.78 is 0. The molecule has 3 aliphatic rings. The van der Waals surface area contributed by atoms with Crippen LogP contribution < -0.4 is 84.5 Å². The van der Waals surface area contributed by atoms with Gasteiger partial charge in [-0.15, -0.1) is 0 Å². The molecule has 17 aromatic rings. The van der Waals surface area contributed by atoms with Gasteiger partial charge in [-0.2, -0.15) is 0 Å². The topological polar surface area (TPSA) is 148 Å². The third-order valence-corrected chi connectivity index (χ3v) is 31.5. The first-order valence-corrected chi connectivity index (χ1v) is 52.5. The van der Waals surface area contributed by atoms with Crippen molar-refractivity contribution in [2.24, 2.45) is 0 Å². The third-order valence-electron chi connectivity index (χ3n) is 21.6. The molecule has 14 aromatic carbocycles. The summed E-state index contributed by atoms with van der Waals surface area (Å²) in [6.07, 6.45) is 12.9. The summed E-state index contributed by atoms with van der Waals surface area (Å²) >= 11 is 5.86. The number of nitrogens with one attached hydrogen (secondary N) is 1. The minimum absolute atomic E-state index is 0. The molecule has 5 heterocycles. The van der Waals surface area contributed by atoms with Crippen LogP contribution in [0.25, 0.3) is 5.57 Å². The summed E-state index contributed by atoms with van der Waals surface area (Å²) in [5.74, 6) is 2.38. The first-order valence-electron chi connectivity index (χ1n) is 46.8. The Bertz CT molecular complexity index is 5510. The third kappa shape index (κ3) is 32.4. The van der Waals surface area contributed by atoms with Gasteiger partial charge in [0.1, 0.15) is 11.6 Å². The van der Waals surface area contributed by atoms with Crippen LogP contribution in [0, 0.1) is 0 Å². The molecule has 0 fully saturated rings. The van der Waals surface area contributed by atoms with Crippen molar-refractivity contribution in [2.75, 3.05) is 22.9 Å². The number of allylic oxidation sites excluding steroid dienone is 4. The average Bonchev–Trinajstić information content (AvgIpc) is 0.783. The van der Waals surface area contributed by atoms with Gasteiger partial charge in [0.05, 0.1) is 17.7 Å². The fourth-order valence-electron chi connectivity index (χ4n) is 15.4. The van der Waals surface area contributed by atoms with Gasteiger partial charge in [-0.3, -0.25) is 9.59 Å². The van der Waals surface area contributed by atoms with Crippen LogP contribution in [0.5, 0.6) is 0 Å². The van der Waals surface area contributed by atoms with Crippen LogP contribution in [-0.2, 0) is 38.1 Å². The Balaban J connectivity index is 0.000000178. The minimum Gasteiger partial charge on any atom is -0.423 e. The second-order valence-corrected chi connectivity index (χ2v) is 39.1. The van der Waals surface area contributed by atoms with Crippen LogP contribution in [0.4, 0.5) is 11.6 Å². The first kappa shape index (κ1) is 108. The van der Waals surface area contributed by atoms with Gasteiger partial charge >= 0.3 is 7.12 Å². The van der Waals surface area contributed by atoms with E-state index in [1.807, 2.05) is 79.7 Å². The summed E-state index contributed by atoms with van der Waals surface area (Å²) in [6.45, 7) is 22.3. The summed E-state index contributed by atoms with van der Waals surface area (Å²) in [4.78, 5) is 46.9. The fraction of sp³-hybridized carbons (Fsp3) is 0.143. The SMILES string of the molecule is CC.CC.CC.CC.CC1c2ccccc2CCN1c1ccnc(C2=CC=CCC2=O)n1.CC1c2ccccc2CCN1c1ccnc(Cl)n1.O=c1[nH]cccc1B(O)O.[Pd].c1ccc(P(c2ccccc2)c2ccccc2)cc1.c1ccc(P(c2ccccc2)c2ccccc2)cc1.c1ccc(P(c2ccccc2)c2ccccc2)cc1.c1ccc(P(c2ccccc2)c2ccccc2)cc1. The molecule has 1 aliphatic carbocycles. The number of carbonyl (C=O) groups excluding carboxylic acids is 1. The van der Waals surface area contributed by atoms with Gasteiger partial charge in [0.25, 0.3) is 0 Å².